The van der Waals surface area contributed by atoms with Gasteiger partial charge in [0.15, 0.2) is 11.5 Å². The van der Waals surface area contributed by atoms with Crippen LogP contribution in [0.4, 0.5) is 0 Å². The molecule has 33 heavy (non-hydrogen) atoms. The first-order valence-electron chi connectivity index (χ1n) is 10.6. The number of allylic oxidation sites excluding steroid dienone is 1. The van der Waals surface area contributed by atoms with E-state index in [0.717, 1.165) is 12.1 Å². The molecular weight excluding hydrogens is 426 g/mol. The molecule has 0 radical (unpaired) electrons. The van der Waals surface area contributed by atoms with Crippen molar-refractivity contribution in [2.75, 3.05) is 35.0 Å². The van der Waals surface area contributed by atoms with E-state index in [1.165, 1.54) is 21.3 Å². The van der Waals surface area contributed by atoms with Crippen molar-refractivity contribution in [3.63, 3.8) is 0 Å². The number of methoxy groups -OCH3 is 4. The van der Waals surface area contributed by atoms with E-state index in [-0.39, 0.29) is 17.0 Å². The normalized spacial score (nSPS) is 14.8. The maximum absolute atomic E-state index is 13.8. The van der Waals surface area contributed by atoms with Gasteiger partial charge in [-0.2, -0.15) is 5.26 Å². The quantitative estimate of drug-likeness (QED) is 0.613. The first kappa shape index (κ1) is 24.0. The lowest BCUT2D eigenvalue weighted by Gasteiger charge is -2.28. The fourth-order valence-electron chi connectivity index (χ4n) is 4.11. The molecule has 1 aromatic carbocycles. The first-order valence-corrected chi connectivity index (χ1v) is 10.6. The van der Waals surface area contributed by atoms with Crippen molar-refractivity contribution in [1.82, 2.24) is 4.57 Å². The summed E-state index contributed by atoms with van der Waals surface area (Å²) < 4.78 is 29.1. The Bertz CT molecular complexity index is 1140. The molecule has 1 atom stereocenters. The summed E-state index contributed by atoms with van der Waals surface area (Å²) in [6.45, 7) is 2.78. The molecular formula is C24H29N3O6. The Balaban J connectivity index is 2.34. The van der Waals surface area contributed by atoms with Crippen LogP contribution in [-0.2, 0) is 17.7 Å². The van der Waals surface area contributed by atoms with Crippen LogP contribution in [0.5, 0.6) is 23.0 Å². The van der Waals surface area contributed by atoms with E-state index in [1.54, 1.807) is 23.8 Å². The Morgan fingerprint density at radius 1 is 1.12 bits per heavy atom. The summed E-state index contributed by atoms with van der Waals surface area (Å²) in [4.78, 5) is 13.8. The van der Waals surface area contributed by atoms with Crippen LogP contribution in [0, 0.1) is 11.3 Å². The van der Waals surface area contributed by atoms with Crippen LogP contribution >= 0.6 is 0 Å². The molecule has 2 aromatic rings. The zero-order chi connectivity index (χ0) is 24.1. The van der Waals surface area contributed by atoms with Crippen LogP contribution in [0.1, 0.15) is 36.1 Å². The van der Waals surface area contributed by atoms with Gasteiger partial charge in [0.1, 0.15) is 17.4 Å². The van der Waals surface area contributed by atoms with Gasteiger partial charge in [0.05, 0.1) is 39.4 Å². The molecule has 2 heterocycles. The molecule has 1 aliphatic heterocycles. The number of ether oxygens (including phenoxy) is 5. The molecule has 176 valence electrons. The van der Waals surface area contributed by atoms with Gasteiger partial charge in [-0.05, 0) is 24.1 Å². The molecule has 0 amide bonds. The topological polar surface area (TPSA) is 118 Å². The van der Waals surface area contributed by atoms with Gasteiger partial charge in [-0.1, -0.05) is 13.3 Å². The highest BCUT2D eigenvalue weighted by Gasteiger charge is 2.35. The number of hydrogen-bond acceptors (Lipinski definition) is 8. The predicted molar refractivity (Wildman–Crippen MR) is 122 cm³/mol. The maximum atomic E-state index is 13.8. The van der Waals surface area contributed by atoms with E-state index < -0.39 is 5.92 Å². The number of nitrogens with zero attached hydrogens (tertiary/aromatic N) is 2. The highest BCUT2D eigenvalue weighted by atomic mass is 16.5. The summed E-state index contributed by atoms with van der Waals surface area (Å²) in [5, 5.41) is 9.93. The average Bonchev–Trinajstić information content (AvgIpc) is 2.82. The van der Waals surface area contributed by atoms with Gasteiger partial charge in [0.25, 0.3) is 5.56 Å². The van der Waals surface area contributed by atoms with Crippen molar-refractivity contribution >= 4 is 0 Å². The number of fused-ring (bicyclic) bond motifs is 1. The minimum Gasteiger partial charge on any atom is -0.493 e. The van der Waals surface area contributed by atoms with Crippen LogP contribution in [-0.4, -0.2) is 39.6 Å². The van der Waals surface area contributed by atoms with E-state index in [1.807, 2.05) is 13.0 Å². The van der Waals surface area contributed by atoms with Crippen LogP contribution in [0.2, 0.25) is 0 Å². The van der Waals surface area contributed by atoms with Crippen molar-refractivity contribution in [1.29, 1.82) is 5.26 Å². The number of aryl methyl sites for hydroxylation is 1. The number of nitriles is 1. The Morgan fingerprint density at radius 2 is 1.79 bits per heavy atom. The average molecular weight is 456 g/mol. The third kappa shape index (κ3) is 4.34. The Kier molecular flexibility index (Phi) is 7.51. The molecule has 1 aromatic heterocycles. The van der Waals surface area contributed by atoms with Crippen LogP contribution in [0.15, 0.2) is 34.4 Å². The van der Waals surface area contributed by atoms with E-state index in [0.29, 0.717) is 53.7 Å². The SMILES string of the molecule is CCCc1cc2c(c(=O)n1CCOC)C(c1cc(OC)c(OC)c(OC)c1)C(C#N)=C(N)O2. The predicted octanol–water partition coefficient (Wildman–Crippen LogP) is 2.69. The summed E-state index contributed by atoms with van der Waals surface area (Å²) in [5.41, 5.74) is 7.75. The molecule has 0 fully saturated rings. The number of aromatic nitrogens is 1. The molecule has 0 bridgehead atoms. The van der Waals surface area contributed by atoms with Crippen molar-refractivity contribution in [2.45, 2.75) is 32.2 Å². The number of nitrogens with two attached hydrogens (primary N) is 1. The Morgan fingerprint density at radius 3 is 2.30 bits per heavy atom. The second-order valence-corrected chi connectivity index (χ2v) is 7.50. The first-order chi connectivity index (χ1) is 15.9. The van der Waals surface area contributed by atoms with Gasteiger partial charge in [-0.3, -0.25) is 4.79 Å². The number of hydrogen-bond donors (Lipinski definition) is 1. The summed E-state index contributed by atoms with van der Waals surface area (Å²) in [6.07, 6.45) is 1.52. The third-order valence-corrected chi connectivity index (χ3v) is 5.61. The minimum absolute atomic E-state index is 0.0414. The van der Waals surface area contributed by atoms with E-state index in [9.17, 15) is 10.1 Å². The fourth-order valence-corrected chi connectivity index (χ4v) is 4.11. The van der Waals surface area contributed by atoms with Gasteiger partial charge >= 0.3 is 0 Å². The highest BCUT2D eigenvalue weighted by molar-refractivity contribution is 5.61. The lowest BCUT2D eigenvalue weighted by atomic mass is 9.83. The zero-order valence-electron chi connectivity index (χ0n) is 19.6. The number of benzene rings is 1. The van der Waals surface area contributed by atoms with E-state index >= 15 is 0 Å². The Hall–Kier alpha value is -3.64. The summed E-state index contributed by atoms with van der Waals surface area (Å²) in [6, 6.07) is 7.37. The smallest absolute Gasteiger partial charge is 0.258 e. The lowest BCUT2D eigenvalue weighted by molar-refractivity contribution is 0.185. The second kappa shape index (κ2) is 10.3. The molecule has 2 N–H and O–H groups in total. The highest BCUT2D eigenvalue weighted by Crippen LogP contribution is 2.46. The van der Waals surface area contributed by atoms with Crippen LogP contribution in [0.25, 0.3) is 0 Å². The van der Waals surface area contributed by atoms with Crippen molar-refractivity contribution in [3.8, 4) is 29.1 Å². The molecule has 3 rings (SSSR count). The van der Waals surface area contributed by atoms with Gasteiger partial charge in [-0.15, -0.1) is 0 Å². The molecule has 0 saturated carbocycles. The fraction of sp³-hybridized carbons (Fsp3) is 0.417. The van der Waals surface area contributed by atoms with Crippen LogP contribution < -0.4 is 30.2 Å². The second-order valence-electron chi connectivity index (χ2n) is 7.50. The zero-order valence-corrected chi connectivity index (χ0v) is 19.6. The summed E-state index contributed by atoms with van der Waals surface area (Å²) in [5.74, 6) is 0.732. The maximum Gasteiger partial charge on any atom is 0.258 e. The minimum atomic E-state index is -0.774. The summed E-state index contributed by atoms with van der Waals surface area (Å²) in [7, 11) is 6.10. The monoisotopic (exact) mass is 455 g/mol. The van der Waals surface area contributed by atoms with Gasteiger partial charge in [0.2, 0.25) is 11.6 Å². The molecule has 1 unspecified atom stereocenters. The van der Waals surface area contributed by atoms with Crippen molar-refractivity contribution < 1.29 is 23.7 Å². The Labute approximate surface area is 192 Å². The molecule has 0 spiro atoms. The third-order valence-electron chi connectivity index (χ3n) is 5.61. The largest absolute Gasteiger partial charge is 0.493 e. The van der Waals surface area contributed by atoms with Gasteiger partial charge < -0.3 is 34.0 Å². The van der Waals surface area contributed by atoms with Gasteiger partial charge in [0, 0.05) is 25.4 Å². The molecule has 0 aliphatic carbocycles. The van der Waals surface area contributed by atoms with Crippen molar-refractivity contribution in [3.05, 3.63) is 56.8 Å². The van der Waals surface area contributed by atoms with E-state index in [2.05, 4.69) is 6.07 Å². The van der Waals surface area contributed by atoms with Gasteiger partial charge in [-0.25, -0.2) is 0 Å². The molecule has 9 heteroatoms. The van der Waals surface area contributed by atoms with E-state index in [4.69, 9.17) is 29.4 Å². The lowest BCUT2D eigenvalue weighted by Crippen LogP contribution is -2.34. The summed E-state index contributed by atoms with van der Waals surface area (Å²) >= 11 is 0. The molecule has 1 aliphatic rings. The molecule has 9 nitrogen and oxygen atoms in total. The number of rotatable bonds is 9. The number of pyridine rings is 1. The van der Waals surface area contributed by atoms with Crippen LogP contribution in [0.3, 0.4) is 0 Å². The standard InChI is InChI=1S/C24H29N3O6/c1-6-7-15-12-17-21(24(28)27(15)8-9-29-2)20(16(13-25)23(26)33-17)14-10-18(30-3)22(32-5)19(11-14)31-4/h10-12,20H,6-9,26H2,1-5H3. The molecule has 0 saturated heterocycles. The van der Waals surface area contributed by atoms with Crippen molar-refractivity contribution in [2.24, 2.45) is 5.73 Å².